The first-order valence-electron chi connectivity index (χ1n) is 7.09. The number of carbonyl (C=O) groups excluding carboxylic acids is 2. The van der Waals surface area contributed by atoms with Crippen LogP contribution in [-0.4, -0.2) is 46.3 Å². The van der Waals surface area contributed by atoms with E-state index in [2.05, 4.69) is 15.7 Å². The van der Waals surface area contributed by atoms with Gasteiger partial charge in [0.05, 0.1) is 24.1 Å². The SMILES string of the molecule is Cc1c(NC(=O)C2CN(C)C(=O)N2)cnn1-c1ccccc1F. The highest BCUT2D eigenvalue weighted by molar-refractivity contribution is 5.99. The van der Waals surface area contributed by atoms with Crippen molar-refractivity contribution < 1.29 is 14.0 Å². The molecule has 1 unspecified atom stereocenters. The number of anilines is 1. The fourth-order valence-corrected chi connectivity index (χ4v) is 2.43. The fourth-order valence-electron chi connectivity index (χ4n) is 2.43. The number of aromatic nitrogens is 2. The second-order valence-electron chi connectivity index (χ2n) is 5.38. The Morgan fingerprint density at radius 3 is 2.83 bits per heavy atom. The summed E-state index contributed by atoms with van der Waals surface area (Å²) < 4.78 is 15.3. The molecule has 23 heavy (non-hydrogen) atoms. The van der Waals surface area contributed by atoms with Crippen molar-refractivity contribution in [3.63, 3.8) is 0 Å². The highest BCUT2D eigenvalue weighted by Gasteiger charge is 2.31. The van der Waals surface area contributed by atoms with Crippen LogP contribution in [0.25, 0.3) is 5.69 Å². The number of nitrogens with zero attached hydrogens (tertiary/aromatic N) is 3. The van der Waals surface area contributed by atoms with E-state index in [0.717, 1.165) is 0 Å². The van der Waals surface area contributed by atoms with Crippen LogP contribution in [-0.2, 0) is 4.79 Å². The van der Waals surface area contributed by atoms with Crippen molar-refractivity contribution in [3.05, 3.63) is 42.0 Å². The van der Waals surface area contributed by atoms with Gasteiger partial charge in [-0.15, -0.1) is 0 Å². The third kappa shape index (κ3) is 2.75. The second-order valence-corrected chi connectivity index (χ2v) is 5.38. The van der Waals surface area contributed by atoms with Crippen LogP contribution in [0.1, 0.15) is 5.69 Å². The summed E-state index contributed by atoms with van der Waals surface area (Å²) in [4.78, 5) is 25.0. The molecule has 1 aromatic carbocycles. The number of nitrogens with one attached hydrogen (secondary N) is 2. The molecule has 1 aromatic heterocycles. The van der Waals surface area contributed by atoms with Crippen molar-refractivity contribution in [1.82, 2.24) is 20.0 Å². The lowest BCUT2D eigenvalue weighted by molar-refractivity contribution is -0.117. The lowest BCUT2D eigenvalue weighted by Gasteiger charge is -2.11. The monoisotopic (exact) mass is 317 g/mol. The highest BCUT2D eigenvalue weighted by Crippen LogP contribution is 2.20. The van der Waals surface area contributed by atoms with Gasteiger partial charge in [-0.05, 0) is 19.1 Å². The molecule has 0 saturated carbocycles. The largest absolute Gasteiger partial charge is 0.325 e. The molecule has 1 saturated heterocycles. The molecule has 1 aliphatic rings. The summed E-state index contributed by atoms with van der Waals surface area (Å²) in [6, 6.07) is 5.35. The minimum Gasteiger partial charge on any atom is -0.325 e. The van der Waals surface area contributed by atoms with Gasteiger partial charge in [-0.2, -0.15) is 5.10 Å². The number of para-hydroxylation sites is 1. The second kappa shape index (κ2) is 5.71. The lowest BCUT2D eigenvalue weighted by Crippen LogP contribution is -2.38. The van der Waals surface area contributed by atoms with Crippen molar-refractivity contribution >= 4 is 17.6 Å². The Balaban J connectivity index is 1.79. The molecule has 3 amide bonds. The van der Waals surface area contributed by atoms with E-state index >= 15 is 0 Å². The molecule has 120 valence electrons. The van der Waals surface area contributed by atoms with Gasteiger partial charge in [0.1, 0.15) is 17.5 Å². The summed E-state index contributed by atoms with van der Waals surface area (Å²) in [5.41, 5.74) is 1.38. The van der Waals surface area contributed by atoms with Gasteiger partial charge in [0, 0.05) is 7.05 Å². The van der Waals surface area contributed by atoms with Gasteiger partial charge >= 0.3 is 6.03 Å². The summed E-state index contributed by atoms with van der Waals surface area (Å²) in [5, 5.41) is 9.42. The number of halogens is 1. The van der Waals surface area contributed by atoms with E-state index in [1.807, 2.05) is 0 Å². The minimum atomic E-state index is -0.622. The molecule has 1 atom stereocenters. The first-order valence-corrected chi connectivity index (χ1v) is 7.09. The van der Waals surface area contributed by atoms with Crippen molar-refractivity contribution in [2.24, 2.45) is 0 Å². The Labute approximate surface area is 132 Å². The number of benzene rings is 1. The van der Waals surface area contributed by atoms with Gasteiger partial charge in [-0.25, -0.2) is 13.9 Å². The summed E-state index contributed by atoms with van der Waals surface area (Å²) in [6.07, 6.45) is 1.46. The molecule has 0 spiro atoms. The van der Waals surface area contributed by atoms with Crippen molar-refractivity contribution in [1.29, 1.82) is 0 Å². The molecule has 7 nitrogen and oxygen atoms in total. The van der Waals surface area contributed by atoms with Crippen LogP contribution in [0.5, 0.6) is 0 Å². The summed E-state index contributed by atoms with van der Waals surface area (Å²) in [5.74, 6) is -0.736. The molecule has 2 aromatic rings. The van der Waals surface area contributed by atoms with E-state index in [9.17, 15) is 14.0 Å². The van der Waals surface area contributed by atoms with Crippen molar-refractivity contribution in [2.45, 2.75) is 13.0 Å². The normalized spacial score (nSPS) is 17.3. The molecule has 0 aliphatic carbocycles. The van der Waals surface area contributed by atoms with E-state index in [1.165, 1.54) is 21.8 Å². The van der Waals surface area contributed by atoms with Crippen molar-refractivity contribution in [2.75, 3.05) is 18.9 Å². The molecule has 1 fully saturated rings. The molecule has 0 bridgehead atoms. The van der Waals surface area contributed by atoms with Gasteiger partial charge in [0.2, 0.25) is 5.91 Å². The predicted octanol–water partition coefficient (Wildman–Crippen LogP) is 1.28. The molecular formula is C15H16FN5O2. The third-order valence-corrected chi connectivity index (χ3v) is 3.77. The zero-order valence-electron chi connectivity index (χ0n) is 12.7. The fraction of sp³-hybridized carbons (Fsp3) is 0.267. The van der Waals surface area contributed by atoms with Crippen LogP contribution in [0, 0.1) is 12.7 Å². The van der Waals surface area contributed by atoms with Crippen LogP contribution < -0.4 is 10.6 Å². The average molecular weight is 317 g/mol. The van der Waals surface area contributed by atoms with E-state index in [0.29, 0.717) is 23.6 Å². The van der Waals surface area contributed by atoms with Gasteiger partial charge in [0.15, 0.2) is 0 Å². The Morgan fingerprint density at radius 1 is 1.43 bits per heavy atom. The first-order chi connectivity index (χ1) is 11.0. The van der Waals surface area contributed by atoms with E-state index in [4.69, 9.17) is 0 Å². The number of hydrogen-bond donors (Lipinski definition) is 2. The molecule has 2 N–H and O–H groups in total. The molecule has 1 aliphatic heterocycles. The Hall–Kier alpha value is -2.90. The third-order valence-electron chi connectivity index (χ3n) is 3.77. The maximum absolute atomic E-state index is 13.9. The predicted molar refractivity (Wildman–Crippen MR) is 81.8 cm³/mol. The first kappa shape index (κ1) is 15.0. The summed E-state index contributed by atoms with van der Waals surface area (Å²) >= 11 is 0. The molecular weight excluding hydrogens is 301 g/mol. The van der Waals surface area contributed by atoms with Crippen molar-refractivity contribution in [3.8, 4) is 5.69 Å². The summed E-state index contributed by atoms with van der Waals surface area (Å²) in [7, 11) is 1.62. The Morgan fingerprint density at radius 2 is 2.17 bits per heavy atom. The minimum absolute atomic E-state index is 0.288. The van der Waals surface area contributed by atoms with Crippen LogP contribution in [0.3, 0.4) is 0 Å². The zero-order chi connectivity index (χ0) is 16.6. The van der Waals surface area contributed by atoms with E-state index in [1.54, 1.807) is 32.2 Å². The van der Waals surface area contributed by atoms with Gasteiger partial charge in [-0.3, -0.25) is 4.79 Å². The number of likely N-dealkylation sites (N-methyl/N-ethyl adjacent to an activating group) is 1. The van der Waals surface area contributed by atoms with E-state index in [-0.39, 0.29) is 11.9 Å². The number of urea groups is 1. The topological polar surface area (TPSA) is 79.3 Å². The number of hydrogen-bond acceptors (Lipinski definition) is 3. The number of rotatable bonds is 3. The molecule has 0 radical (unpaired) electrons. The smallest absolute Gasteiger partial charge is 0.317 e. The van der Waals surface area contributed by atoms with Crippen LogP contribution in [0.15, 0.2) is 30.5 Å². The lowest BCUT2D eigenvalue weighted by atomic mass is 10.2. The quantitative estimate of drug-likeness (QED) is 0.895. The van der Waals surface area contributed by atoms with Gasteiger partial charge in [0.25, 0.3) is 0 Å². The molecule has 2 heterocycles. The van der Waals surface area contributed by atoms with Crippen LogP contribution >= 0.6 is 0 Å². The molecule has 3 rings (SSSR count). The van der Waals surface area contributed by atoms with Crippen LogP contribution in [0.2, 0.25) is 0 Å². The van der Waals surface area contributed by atoms with Crippen LogP contribution in [0.4, 0.5) is 14.9 Å². The average Bonchev–Trinajstić information content (AvgIpc) is 3.04. The molecule has 8 heteroatoms. The maximum atomic E-state index is 13.9. The van der Waals surface area contributed by atoms with Gasteiger partial charge < -0.3 is 15.5 Å². The number of carbonyl (C=O) groups is 2. The van der Waals surface area contributed by atoms with E-state index < -0.39 is 11.9 Å². The number of amides is 3. The zero-order valence-corrected chi connectivity index (χ0v) is 12.7. The standard InChI is InChI=1S/C15H16FN5O2/c1-9-11(18-14(22)12-8-20(2)15(23)19-12)7-17-21(9)13-6-4-3-5-10(13)16/h3-7,12H,8H2,1-2H3,(H,18,22)(H,19,23). The highest BCUT2D eigenvalue weighted by atomic mass is 19.1. The Kier molecular flexibility index (Phi) is 3.73. The maximum Gasteiger partial charge on any atom is 0.317 e. The van der Waals surface area contributed by atoms with Gasteiger partial charge in [-0.1, -0.05) is 12.1 Å². The summed E-state index contributed by atoms with van der Waals surface area (Å²) in [6.45, 7) is 2.03. The Bertz CT molecular complexity index is 773.